The maximum absolute atomic E-state index is 16.5. The zero-order chi connectivity index (χ0) is 29.5. The number of sulfonamides is 1. The highest BCUT2D eigenvalue weighted by Gasteiger charge is 2.46. The van der Waals surface area contributed by atoms with Crippen LogP contribution in [0.4, 0.5) is 18.9 Å². The Morgan fingerprint density at radius 3 is 2.29 bits per heavy atom. The molecule has 4 aromatic rings. The van der Waals surface area contributed by atoms with Gasteiger partial charge in [0.05, 0.1) is 0 Å². The van der Waals surface area contributed by atoms with Crippen molar-refractivity contribution in [1.82, 2.24) is 20.1 Å². The number of halogens is 3. The minimum Gasteiger partial charge on any atom is -0.369 e. The second-order valence-corrected chi connectivity index (χ2v) is 12.7. The van der Waals surface area contributed by atoms with Crippen molar-refractivity contribution in [3.8, 4) is 28.1 Å². The second-order valence-electron chi connectivity index (χ2n) is 10.9. The molecule has 3 N–H and O–H groups in total. The van der Waals surface area contributed by atoms with Gasteiger partial charge in [-0.1, -0.05) is 19.3 Å². The van der Waals surface area contributed by atoms with Gasteiger partial charge in [-0.15, -0.1) is 0 Å². The number of nitrogens with one attached hydrogen (secondary N) is 1. The first-order chi connectivity index (χ1) is 20.2. The number of primary sulfonamides is 1. The van der Waals surface area contributed by atoms with Crippen LogP contribution in [0, 0.1) is 17.5 Å². The molecule has 2 aliphatic rings. The third-order valence-corrected chi connectivity index (χ3v) is 10.1. The third-order valence-electron chi connectivity index (χ3n) is 8.35. The Bertz CT molecular complexity index is 1720. The van der Waals surface area contributed by atoms with Crippen molar-refractivity contribution >= 4 is 15.7 Å². The van der Waals surface area contributed by atoms with E-state index in [9.17, 15) is 8.42 Å². The van der Waals surface area contributed by atoms with Crippen molar-refractivity contribution in [3.63, 3.8) is 0 Å². The molecule has 42 heavy (non-hydrogen) atoms. The number of piperazine rings is 1. The first kappa shape index (κ1) is 28.4. The smallest absolute Gasteiger partial charge is 0.219 e. The van der Waals surface area contributed by atoms with Gasteiger partial charge in [0.15, 0.2) is 5.82 Å². The Hall–Kier alpha value is -3.74. The van der Waals surface area contributed by atoms with Crippen LogP contribution in [0.3, 0.4) is 0 Å². The maximum Gasteiger partial charge on any atom is 0.219 e. The van der Waals surface area contributed by atoms with Gasteiger partial charge in [-0.2, -0.15) is 5.10 Å². The summed E-state index contributed by atoms with van der Waals surface area (Å²) in [4.78, 5) is 6.11. The molecule has 0 atom stereocenters. The first-order valence-electron chi connectivity index (χ1n) is 14.0. The number of rotatable bonds is 6. The van der Waals surface area contributed by atoms with Crippen LogP contribution in [0.25, 0.3) is 28.1 Å². The van der Waals surface area contributed by atoms with E-state index in [2.05, 4.69) is 20.3 Å². The summed E-state index contributed by atoms with van der Waals surface area (Å²) in [6.45, 7) is 3.10. The number of hydrogen-bond donors (Lipinski definition) is 2. The predicted octanol–water partition coefficient (Wildman–Crippen LogP) is 4.88. The molecule has 2 aromatic carbocycles. The van der Waals surface area contributed by atoms with Crippen LogP contribution in [0.1, 0.15) is 37.7 Å². The molecule has 2 fully saturated rings. The normalized spacial score (nSPS) is 17.4. The summed E-state index contributed by atoms with van der Waals surface area (Å²) in [5.74, 6) is -2.23. The van der Waals surface area contributed by atoms with Crippen molar-refractivity contribution in [2.75, 3.05) is 31.1 Å². The molecule has 3 heterocycles. The first-order valence-corrected chi connectivity index (χ1v) is 15.5. The van der Waals surface area contributed by atoms with Gasteiger partial charge in [0.1, 0.15) is 27.8 Å². The van der Waals surface area contributed by atoms with E-state index in [4.69, 9.17) is 5.14 Å². The zero-order valence-electron chi connectivity index (χ0n) is 22.9. The summed E-state index contributed by atoms with van der Waals surface area (Å²) in [7, 11) is -4.29. The van der Waals surface area contributed by atoms with Gasteiger partial charge in [0.25, 0.3) is 0 Å². The Kier molecular flexibility index (Phi) is 7.54. The largest absolute Gasteiger partial charge is 0.369 e. The van der Waals surface area contributed by atoms with E-state index in [-0.39, 0.29) is 40.9 Å². The van der Waals surface area contributed by atoms with Crippen LogP contribution in [0.2, 0.25) is 0 Å². The summed E-state index contributed by atoms with van der Waals surface area (Å²) in [5.41, 5.74) is 1.36. The summed E-state index contributed by atoms with van der Waals surface area (Å²) in [6.07, 6.45) is 6.50. The minimum atomic E-state index is -4.29. The Balaban J connectivity index is 1.51. The predicted molar refractivity (Wildman–Crippen MR) is 155 cm³/mol. The SMILES string of the molecule is NS(=O)(=O)C1(c2cc(F)cc(-c3cn(-c4ccc(N5CCNCC5)cc4F)nc3-c3ccncc3)c2F)CCCCC1. The number of benzene rings is 2. The molecule has 2 aromatic heterocycles. The highest BCUT2D eigenvalue weighted by molar-refractivity contribution is 7.90. The molecule has 0 amide bonds. The highest BCUT2D eigenvalue weighted by Crippen LogP contribution is 2.46. The van der Waals surface area contributed by atoms with Crippen molar-refractivity contribution in [2.45, 2.75) is 36.9 Å². The zero-order valence-corrected chi connectivity index (χ0v) is 23.7. The molecular formula is C30H31F3N6O2S. The van der Waals surface area contributed by atoms with Gasteiger partial charge in [0.2, 0.25) is 10.0 Å². The Labute approximate surface area is 242 Å². The molecule has 0 bridgehead atoms. The van der Waals surface area contributed by atoms with Crippen LogP contribution in [-0.2, 0) is 14.8 Å². The van der Waals surface area contributed by atoms with Crippen molar-refractivity contribution < 1.29 is 21.6 Å². The quantitative estimate of drug-likeness (QED) is 0.329. The van der Waals surface area contributed by atoms with Gasteiger partial charge in [-0.25, -0.2) is 31.4 Å². The fraction of sp³-hybridized carbons (Fsp3) is 0.333. The number of nitrogens with zero attached hydrogens (tertiary/aromatic N) is 4. The molecule has 220 valence electrons. The van der Waals surface area contributed by atoms with E-state index in [1.807, 2.05) is 0 Å². The fourth-order valence-electron chi connectivity index (χ4n) is 6.17. The van der Waals surface area contributed by atoms with E-state index in [0.29, 0.717) is 18.4 Å². The van der Waals surface area contributed by atoms with Gasteiger partial charge in [0, 0.05) is 72.7 Å². The standard InChI is InChI=1S/C30H31F3N6O2S/c31-21-16-23(28(33)25(17-21)30(42(34,40)41)8-2-1-3-9-30)24-19-39(37-29(24)20-6-10-35-11-7-20)27-5-4-22(18-26(27)32)38-14-12-36-13-15-38/h4-7,10-11,16-19,36H,1-3,8-9,12-15H2,(H2,34,40,41). The molecule has 0 spiro atoms. The summed E-state index contributed by atoms with van der Waals surface area (Å²) >= 11 is 0. The summed E-state index contributed by atoms with van der Waals surface area (Å²) < 4.78 is 72.6. The van der Waals surface area contributed by atoms with E-state index in [1.54, 1.807) is 24.3 Å². The molecule has 1 aliphatic carbocycles. The molecule has 1 aliphatic heterocycles. The van der Waals surface area contributed by atoms with Crippen molar-refractivity contribution in [3.05, 3.63) is 84.1 Å². The topological polar surface area (TPSA) is 106 Å². The highest BCUT2D eigenvalue weighted by atomic mass is 32.2. The average Bonchev–Trinajstić information content (AvgIpc) is 3.44. The van der Waals surface area contributed by atoms with Crippen LogP contribution < -0.4 is 15.4 Å². The lowest BCUT2D eigenvalue weighted by Gasteiger charge is -2.36. The van der Waals surface area contributed by atoms with Gasteiger partial charge < -0.3 is 10.2 Å². The van der Waals surface area contributed by atoms with Crippen LogP contribution in [0.15, 0.2) is 61.1 Å². The molecule has 0 unspecified atom stereocenters. The Morgan fingerprint density at radius 1 is 0.905 bits per heavy atom. The lowest BCUT2D eigenvalue weighted by molar-refractivity contribution is 0.368. The summed E-state index contributed by atoms with van der Waals surface area (Å²) in [6, 6.07) is 10.1. The maximum atomic E-state index is 16.5. The fourth-order valence-corrected chi connectivity index (χ4v) is 7.48. The molecule has 12 heteroatoms. The van der Waals surface area contributed by atoms with E-state index in [1.165, 1.54) is 29.3 Å². The molecular weight excluding hydrogens is 565 g/mol. The van der Waals surface area contributed by atoms with E-state index in [0.717, 1.165) is 50.4 Å². The van der Waals surface area contributed by atoms with Crippen molar-refractivity contribution in [2.24, 2.45) is 5.14 Å². The minimum absolute atomic E-state index is 0.0900. The van der Waals surface area contributed by atoms with Crippen LogP contribution >= 0.6 is 0 Å². The third kappa shape index (κ3) is 5.07. The monoisotopic (exact) mass is 596 g/mol. The van der Waals surface area contributed by atoms with E-state index < -0.39 is 32.2 Å². The second kappa shape index (κ2) is 11.2. The number of nitrogens with two attached hydrogens (primary N) is 1. The van der Waals surface area contributed by atoms with Crippen LogP contribution in [-0.4, -0.2) is 49.4 Å². The Morgan fingerprint density at radius 2 is 1.62 bits per heavy atom. The number of pyridine rings is 1. The molecule has 1 saturated carbocycles. The lowest BCUT2D eigenvalue weighted by Crippen LogP contribution is -2.43. The summed E-state index contributed by atoms with van der Waals surface area (Å²) in [5, 5.41) is 13.6. The lowest BCUT2D eigenvalue weighted by atomic mass is 9.81. The van der Waals surface area contributed by atoms with E-state index >= 15 is 13.2 Å². The number of aromatic nitrogens is 3. The van der Waals surface area contributed by atoms with Gasteiger partial charge in [-0.3, -0.25) is 4.98 Å². The van der Waals surface area contributed by atoms with Crippen molar-refractivity contribution in [1.29, 1.82) is 0 Å². The van der Waals surface area contributed by atoms with Gasteiger partial charge in [-0.05, 0) is 55.3 Å². The average molecular weight is 597 g/mol. The molecule has 0 radical (unpaired) electrons. The molecule has 1 saturated heterocycles. The molecule has 8 nitrogen and oxygen atoms in total. The molecule has 6 rings (SSSR count). The van der Waals surface area contributed by atoms with Gasteiger partial charge >= 0.3 is 0 Å². The number of anilines is 1. The number of hydrogen-bond acceptors (Lipinski definition) is 6. The van der Waals surface area contributed by atoms with Crippen LogP contribution in [0.5, 0.6) is 0 Å².